The second kappa shape index (κ2) is 6.29. The summed E-state index contributed by atoms with van der Waals surface area (Å²) in [5, 5.41) is 8.59. The van der Waals surface area contributed by atoms with Gasteiger partial charge in [0.1, 0.15) is 0 Å². The molecule has 2 aliphatic heterocycles. The minimum atomic E-state index is -4.65. The summed E-state index contributed by atoms with van der Waals surface area (Å²) in [6, 6.07) is 33.1. The zero-order chi connectivity index (χ0) is 21.6. The molecule has 0 N–H and O–H groups in total. The number of benzene rings is 6. The zero-order valence-electron chi connectivity index (χ0n) is 17.4. The molecule has 0 bridgehead atoms. The van der Waals surface area contributed by atoms with Gasteiger partial charge in [0.25, 0.3) is 0 Å². The van der Waals surface area contributed by atoms with E-state index < -0.39 is 23.0 Å². The first-order chi connectivity index (χ1) is 16.3. The fourth-order valence-corrected chi connectivity index (χ4v) is 13.2. The molecule has 0 amide bonds. The van der Waals surface area contributed by atoms with Gasteiger partial charge in [0.05, 0.1) is 0 Å². The van der Waals surface area contributed by atoms with E-state index in [1.165, 1.54) is 0 Å². The fourth-order valence-electron chi connectivity index (χ4n) is 5.18. The molecule has 2 aliphatic rings. The molecule has 0 aromatic heterocycles. The molecule has 6 aromatic rings. The molecule has 0 fully saturated rings. The summed E-state index contributed by atoms with van der Waals surface area (Å²) in [5.41, 5.74) is 0. The molecule has 33 heavy (non-hydrogen) atoms. The van der Waals surface area contributed by atoms with E-state index >= 15 is 0 Å². The van der Waals surface area contributed by atoms with Gasteiger partial charge in [0.2, 0.25) is 0 Å². The third kappa shape index (κ3) is 2.34. The van der Waals surface area contributed by atoms with Crippen LogP contribution in [-0.4, -0.2) is 23.0 Å². The SMILES string of the molecule is c1ccc2c(c1)c1c(c3ccccc32)[O][Pb]2([O]1)[O]c1c(c3ccccc3c3ccccc13)[O]2. The van der Waals surface area contributed by atoms with Gasteiger partial charge in [-0.25, -0.2) is 0 Å². The molecule has 2 heterocycles. The molecule has 0 radical (unpaired) electrons. The van der Waals surface area contributed by atoms with E-state index in [1.807, 2.05) is 48.5 Å². The van der Waals surface area contributed by atoms with Crippen molar-refractivity contribution in [2.24, 2.45) is 0 Å². The van der Waals surface area contributed by atoms with Crippen LogP contribution in [-0.2, 0) is 0 Å². The van der Waals surface area contributed by atoms with Gasteiger partial charge >= 0.3 is 197 Å². The van der Waals surface area contributed by atoms with Crippen molar-refractivity contribution in [3.8, 4) is 23.0 Å². The molecule has 4 nitrogen and oxygen atoms in total. The molecule has 0 saturated carbocycles. The first-order valence-electron chi connectivity index (χ1n) is 10.9. The van der Waals surface area contributed by atoms with Gasteiger partial charge in [-0.15, -0.1) is 0 Å². The summed E-state index contributed by atoms with van der Waals surface area (Å²) in [5.74, 6) is 2.92. The second-order valence-electron chi connectivity index (χ2n) is 8.41. The van der Waals surface area contributed by atoms with E-state index in [-0.39, 0.29) is 0 Å². The van der Waals surface area contributed by atoms with Gasteiger partial charge in [-0.1, -0.05) is 0 Å². The van der Waals surface area contributed by atoms with E-state index in [0.717, 1.165) is 66.1 Å². The standard InChI is InChI=1S/2C14H10O2.Pb/c2*15-13-11-7-3-1-5-9(11)10-6-2-4-8-12(10)14(13)16;/h2*1-8,15-16H;/q;;+4/p-4. The Bertz CT molecular complexity index is 1530. The van der Waals surface area contributed by atoms with Gasteiger partial charge in [-0.3, -0.25) is 0 Å². The average Bonchev–Trinajstić information content (AvgIpc) is 3.45. The maximum atomic E-state index is 6.61. The molecule has 6 aromatic carbocycles. The van der Waals surface area contributed by atoms with Crippen LogP contribution in [0.5, 0.6) is 23.0 Å². The number of rotatable bonds is 0. The van der Waals surface area contributed by atoms with Crippen molar-refractivity contribution in [1.82, 2.24) is 0 Å². The van der Waals surface area contributed by atoms with Crippen molar-refractivity contribution in [1.29, 1.82) is 0 Å². The number of fused-ring (bicyclic) bond motifs is 12. The van der Waals surface area contributed by atoms with Crippen LogP contribution in [0.4, 0.5) is 0 Å². The Morgan fingerprint density at radius 2 is 0.515 bits per heavy atom. The Hall–Kier alpha value is -3.52. The first kappa shape index (κ1) is 18.0. The van der Waals surface area contributed by atoms with E-state index in [2.05, 4.69) is 48.5 Å². The van der Waals surface area contributed by atoms with Gasteiger partial charge in [-0.2, -0.15) is 0 Å². The molecule has 0 saturated heterocycles. The molecule has 1 spiro atoms. The van der Waals surface area contributed by atoms with Crippen LogP contribution in [0, 0.1) is 0 Å². The van der Waals surface area contributed by atoms with Crippen molar-refractivity contribution < 1.29 is 10.7 Å². The molecule has 8 rings (SSSR count). The Labute approximate surface area is 196 Å². The van der Waals surface area contributed by atoms with E-state index in [0.29, 0.717) is 0 Å². The monoisotopic (exact) mass is 624 g/mol. The Balaban J connectivity index is 1.38. The molecular formula is C28H16O4Pb. The number of hydrogen-bond acceptors (Lipinski definition) is 4. The molecule has 0 aliphatic carbocycles. The van der Waals surface area contributed by atoms with Crippen LogP contribution in [0.25, 0.3) is 43.1 Å². The molecule has 0 atom stereocenters. The van der Waals surface area contributed by atoms with Crippen molar-refractivity contribution >= 4 is 66.1 Å². The molecule has 0 unspecified atom stereocenters. The minimum absolute atomic E-state index is 0.729. The quantitative estimate of drug-likeness (QED) is 0.135. The summed E-state index contributed by atoms with van der Waals surface area (Å²) in [7, 11) is 0. The van der Waals surface area contributed by atoms with Crippen LogP contribution in [0.3, 0.4) is 0 Å². The summed E-state index contributed by atoms with van der Waals surface area (Å²) >= 11 is -4.65. The van der Waals surface area contributed by atoms with Crippen molar-refractivity contribution in [2.75, 3.05) is 0 Å². The second-order valence-corrected chi connectivity index (χ2v) is 15.5. The van der Waals surface area contributed by atoms with Crippen LogP contribution >= 0.6 is 0 Å². The van der Waals surface area contributed by atoms with E-state index in [1.54, 1.807) is 0 Å². The molecule has 156 valence electrons. The predicted octanol–water partition coefficient (Wildman–Crippen LogP) is 6.98. The maximum absolute atomic E-state index is 6.61. The van der Waals surface area contributed by atoms with Gasteiger partial charge < -0.3 is 0 Å². The predicted molar refractivity (Wildman–Crippen MR) is 131 cm³/mol. The van der Waals surface area contributed by atoms with Gasteiger partial charge in [0, 0.05) is 0 Å². The average molecular weight is 624 g/mol. The van der Waals surface area contributed by atoms with E-state index in [9.17, 15) is 0 Å². The normalized spacial score (nSPS) is 15.3. The van der Waals surface area contributed by atoms with Crippen LogP contribution < -0.4 is 10.7 Å². The topological polar surface area (TPSA) is 36.9 Å². The molecular weight excluding hydrogens is 608 g/mol. The summed E-state index contributed by atoms with van der Waals surface area (Å²) < 4.78 is 26.5. The van der Waals surface area contributed by atoms with Gasteiger partial charge in [-0.05, 0) is 0 Å². The summed E-state index contributed by atoms with van der Waals surface area (Å²) in [4.78, 5) is 0. The third-order valence-corrected chi connectivity index (χ3v) is 13.6. The zero-order valence-corrected chi connectivity index (χ0v) is 21.3. The number of hydrogen-bond donors (Lipinski definition) is 0. The Kier molecular flexibility index (Phi) is 3.42. The summed E-state index contributed by atoms with van der Waals surface area (Å²) in [6.07, 6.45) is 0. The molecule has 5 heteroatoms. The van der Waals surface area contributed by atoms with Crippen LogP contribution in [0.1, 0.15) is 0 Å². The van der Waals surface area contributed by atoms with Crippen LogP contribution in [0.2, 0.25) is 0 Å². The third-order valence-electron chi connectivity index (χ3n) is 6.59. The Morgan fingerprint density at radius 1 is 0.303 bits per heavy atom. The van der Waals surface area contributed by atoms with E-state index in [4.69, 9.17) is 10.7 Å². The van der Waals surface area contributed by atoms with Gasteiger partial charge in [0.15, 0.2) is 0 Å². The van der Waals surface area contributed by atoms with Crippen molar-refractivity contribution in [3.05, 3.63) is 97.1 Å². The Morgan fingerprint density at radius 3 is 0.758 bits per heavy atom. The summed E-state index contributed by atoms with van der Waals surface area (Å²) in [6.45, 7) is 0. The fraction of sp³-hybridized carbons (Fsp3) is 0. The first-order valence-corrected chi connectivity index (χ1v) is 17.3. The van der Waals surface area contributed by atoms with Crippen molar-refractivity contribution in [2.45, 2.75) is 0 Å². The van der Waals surface area contributed by atoms with Crippen molar-refractivity contribution in [3.63, 3.8) is 0 Å². The van der Waals surface area contributed by atoms with Crippen LogP contribution in [0.15, 0.2) is 97.1 Å².